The summed E-state index contributed by atoms with van der Waals surface area (Å²) >= 11 is 0. The fourth-order valence-corrected chi connectivity index (χ4v) is 8.17. The number of alkyl halides is 3. The number of amides is 1. The molecule has 4 aliphatic heterocycles. The Labute approximate surface area is 304 Å². The Kier molecular flexibility index (Phi) is 9.19. The molecule has 2 aromatic heterocycles. The van der Waals surface area contributed by atoms with Gasteiger partial charge in [0.2, 0.25) is 0 Å². The number of carbonyl (C=O) groups is 1. The molecule has 2 fully saturated rings. The SMILES string of the molecule is C=C1CN2CCC[C@@]2(COc2nc3c(c(N4Cc5cc(C(=O)N(C)C)nn5C[C@@](C)(O)C4)n2)CO[C@@H](c2c(F)c(N)cc(C#CC)c2C(F)(F)F)C3)C1. The Morgan fingerprint density at radius 2 is 2.02 bits per heavy atom. The average molecular weight is 739 g/mol. The number of rotatable bonds is 6. The molecular weight excluding hydrogens is 696 g/mol. The summed E-state index contributed by atoms with van der Waals surface area (Å²) in [6.45, 7) is 9.17. The minimum Gasteiger partial charge on any atom is -0.461 e. The first-order chi connectivity index (χ1) is 25.0. The second-order valence-electron chi connectivity index (χ2n) is 14.9. The third kappa shape index (κ3) is 6.81. The van der Waals surface area contributed by atoms with Crippen molar-refractivity contribution in [2.45, 2.75) is 82.6 Å². The molecule has 0 radical (unpaired) electrons. The number of nitrogens with two attached hydrogens (primary N) is 1. The molecule has 0 bridgehead atoms. The molecular formula is C37H42F4N8O4. The van der Waals surface area contributed by atoms with Crippen LogP contribution in [0.2, 0.25) is 0 Å². The first-order valence-electron chi connectivity index (χ1n) is 17.4. The van der Waals surface area contributed by atoms with Crippen molar-refractivity contribution in [3.8, 4) is 17.9 Å². The molecule has 7 rings (SSSR count). The van der Waals surface area contributed by atoms with Gasteiger partial charge in [-0.1, -0.05) is 18.1 Å². The molecule has 16 heteroatoms. The summed E-state index contributed by atoms with van der Waals surface area (Å²) in [7, 11) is 3.24. The van der Waals surface area contributed by atoms with E-state index in [1.807, 2.05) is 0 Å². The first-order valence-corrected chi connectivity index (χ1v) is 17.4. The quantitative estimate of drug-likeness (QED) is 0.164. The molecule has 0 saturated carbocycles. The highest BCUT2D eigenvalue weighted by molar-refractivity contribution is 5.92. The van der Waals surface area contributed by atoms with E-state index in [2.05, 4.69) is 28.4 Å². The van der Waals surface area contributed by atoms with Crippen molar-refractivity contribution in [1.82, 2.24) is 29.5 Å². The van der Waals surface area contributed by atoms with Gasteiger partial charge in [0.25, 0.3) is 5.91 Å². The van der Waals surface area contributed by atoms with Gasteiger partial charge >= 0.3 is 12.2 Å². The highest BCUT2D eigenvalue weighted by Gasteiger charge is 2.47. The van der Waals surface area contributed by atoms with Crippen LogP contribution in [0.1, 0.15) is 83.3 Å². The zero-order valence-corrected chi connectivity index (χ0v) is 30.1. The second kappa shape index (κ2) is 13.3. The summed E-state index contributed by atoms with van der Waals surface area (Å²) in [6.07, 6.45) is -4.01. The summed E-state index contributed by atoms with van der Waals surface area (Å²) in [5.74, 6) is 3.67. The van der Waals surface area contributed by atoms with Gasteiger partial charge in [0.15, 0.2) is 11.5 Å². The minimum atomic E-state index is -4.97. The van der Waals surface area contributed by atoms with Gasteiger partial charge in [0, 0.05) is 43.8 Å². The van der Waals surface area contributed by atoms with Crippen LogP contribution in [0, 0.1) is 17.7 Å². The van der Waals surface area contributed by atoms with Crippen LogP contribution in [0.4, 0.5) is 29.1 Å². The molecule has 12 nitrogen and oxygen atoms in total. The maximum absolute atomic E-state index is 15.8. The van der Waals surface area contributed by atoms with Crippen molar-refractivity contribution in [2.24, 2.45) is 0 Å². The van der Waals surface area contributed by atoms with Crippen molar-refractivity contribution < 1.29 is 36.9 Å². The molecule has 3 aromatic rings. The van der Waals surface area contributed by atoms with Crippen molar-refractivity contribution in [3.05, 3.63) is 69.4 Å². The molecule has 0 aliphatic carbocycles. The van der Waals surface area contributed by atoms with Gasteiger partial charge in [-0.25, -0.2) is 4.39 Å². The summed E-state index contributed by atoms with van der Waals surface area (Å²) in [4.78, 5) is 27.9. The van der Waals surface area contributed by atoms with Gasteiger partial charge in [-0.15, -0.1) is 5.92 Å². The van der Waals surface area contributed by atoms with Crippen LogP contribution < -0.4 is 15.4 Å². The fraction of sp³-hybridized carbons (Fsp3) is 0.514. The van der Waals surface area contributed by atoms with E-state index in [4.69, 9.17) is 25.2 Å². The minimum absolute atomic E-state index is 0.0133. The maximum atomic E-state index is 15.8. The number of nitrogens with zero attached hydrogens (tertiary/aromatic N) is 7. The molecule has 6 heterocycles. The molecule has 0 unspecified atom stereocenters. The Morgan fingerprint density at radius 1 is 1.25 bits per heavy atom. The number of halogens is 4. The third-order valence-electron chi connectivity index (χ3n) is 10.4. The van der Waals surface area contributed by atoms with Gasteiger partial charge in [0.05, 0.1) is 66.1 Å². The highest BCUT2D eigenvalue weighted by atomic mass is 19.4. The molecule has 1 amide bonds. The number of carbonyl (C=O) groups excluding carboxylic acids is 1. The number of aliphatic hydroxyl groups is 1. The molecule has 4 aliphatic rings. The first kappa shape index (κ1) is 36.6. The second-order valence-corrected chi connectivity index (χ2v) is 14.9. The summed E-state index contributed by atoms with van der Waals surface area (Å²) in [5.41, 5.74) is 4.02. The van der Waals surface area contributed by atoms with E-state index in [0.717, 1.165) is 44.0 Å². The number of hydrogen-bond donors (Lipinski definition) is 2. The molecule has 282 valence electrons. The van der Waals surface area contributed by atoms with E-state index in [1.165, 1.54) is 11.8 Å². The van der Waals surface area contributed by atoms with E-state index in [1.54, 1.807) is 36.7 Å². The standard InChI is InChI=1S/C37H42F4N8O4/c1-6-8-22-11-25(42)31(38)29(30(22)37(39,40)41)28-13-26-24(17-52-28)32(44-34(43-26)53-20-36-9-7-10-48(36)15-21(2)14-36)47-16-23-12-27(33(50)46(4)5)45-49(23)19-35(3,51)18-47/h11-12,28,51H,2,7,9-10,13-20,42H2,1,3-5H3/t28-,35+,36+/m1/s1. The third-order valence-corrected chi connectivity index (χ3v) is 10.4. The van der Waals surface area contributed by atoms with Crippen LogP contribution in [0.15, 0.2) is 24.3 Å². The largest absolute Gasteiger partial charge is 0.461 e. The Balaban J connectivity index is 1.32. The van der Waals surface area contributed by atoms with Crippen molar-refractivity contribution >= 4 is 17.4 Å². The van der Waals surface area contributed by atoms with Crippen LogP contribution in [0.5, 0.6) is 6.01 Å². The smallest absolute Gasteiger partial charge is 0.418 e. The Hall–Kier alpha value is -4.72. The summed E-state index contributed by atoms with van der Waals surface area (Å²) < 4.78 is 73.7. The normalized spacial score (nSPS) is 24.2. The van der Waals surface area contributed by atoms with Gasteiger partial charge in [-0.05, 0) is 51.8 Å². The van der Waals surface area contributed by atoms with E-state index < -0.39 is 46.1 Å². The van der Waals surface area contributed by atoms with Crippen LogP contribution in [-0.2, 0) is 37.0 Å². The lowest BCUT2D eigenvalue weighted by atomic mass is 9.90. The zero-order chi connectivity index (χ0) is 38.0. The molecule has 1 aromatic carbocycles. The van der Waals surface area contributed by atoms with E-state index in [9.17, 15) is 23.1 Å². The van der Waals surface area contributed by atoms with Gasteiger partial charge < -0.3 is 30.1 Å². The molecule has 3 atom stereocenters. The zero-order valence-electron chi connectivity index (χ0n) is 30.1. The van der Waals surface area contributed by atoms with Crippen LogP contribution in [0.3, 0.4) is 0 Å². The van der Waals surface area contributed by atoms with Gasteiger partial charge in [-0.2, -0.15) is 28.2 Å². The topological polar surface area (TPSA) is 135 Å². The van der Waals surface area contributed by atoms with Gasteiger partial charge in [0.1, 0.15) is 12.4 Å². The number of ether oxygens (including phenoxy) is 2. The van der Waals surface area contributed by atoms with Crippen LogP contribution in [-0.4, -0.2) is 92.0 Å². The fourth-order valence-electron chi connectivity index (χ4n) is 8.17. The summed E-state index contributed by atoms with van der Waals surface area (Å²) in [6, 6.07) is 2.53. The van der Waals surface area contributed by atoms with E-state index in [-0.39, 0.29) is 62.4 Å². The number of benzene rings is 1. The lowest BCUT2D eigenvalue weighted by Gasteiger charge is -2.34. The lowest BCUT2D eigenvalue weighted by molar-refractivity contribution is -0.140. The molecule has 0 spiro atoms. The maximum Gasteiger partial charge on any atom is 0.418 e. The van der Waals surface area contributed by atoms with Crippen molar-refractivity contribution in [3.63, 3.8) is 0 Å². The number of nitrogen functional groups attached to an aromatic ring is 1. The Bertz CT molecular complexity index is 2050. The lowest BCUT2D eigenvalue weighted by Crippen LogP contribution is -2.44. The summed E-state index contributed by atoms with van der Waals surface area (Å²) in [5, 5.41) is 16.0. The molecule has 53 heavy (non-hydrogen) atoms. The van der Waals surface area contributed by atoms with E-state index >= 15 is 4.39 Å². The number of anilines is 2. The van der Waals surface area contributed by atoms with Crippen LogP contribution in [0.25, 0.3) is 0 Å². The predicted octanol–water partition coefficient (Wildman–Crippen LogP) is 4.24. The molecule has 3 N–H and O–H groups in total. The number of fused-ring (bicyclic) bond motifs is 3. The predicted molar refractivity (Wildman–Crippen MR) is 186 cm³/mol. The van der Waals surface area contributed by atoms with E-state index in [0.29, 0.717) is 22.8 Å². The van der Waals surface area contributed by atoms with Crippen molar-refractivity contribution in [2.75, 3.05) is 51.0 Å². The number of hydrogen-bond acceptors (Lipinski definition) is 10. The van der Waals surface area contributed by atoms with Gasteiger partial charge in [-0.3, -0.25) is 14.4 Å². The monoisotopic (exact) mass is 738 g/mol. The Morgan fingerprint density at radius 3 is 2.74 bits per heavy atom. The van der Waals surface area contributed by atoms with Crippen molar-refractivity contribution in [1.29, 1.82) is 0 Å². The average Bonchev–Trinajstić information content (AvgIpc) is 3.72. The number of β-amino-alcohol motifs (C(OH)–C–C–N with tert-alkyl or cyclic N) is 1. The molecule has 2 saturated heterocycles. The van der Waals surface area contributed by atoms with Crippen LogP contribution >= 0.6 is 0 Å². The number of aromatic nitrogens is 4. The highest BCUT2D eigenvalue weighted by Crippen LogP contribution is 2.45.